The summed E-state index contributed by atoms with van der Waals surface area (Å²) in [6.07, 6.45) is 1.62. The van der Waals surface area contributed by atoms with Gasteiger partial charge in [0.15, 0.2) is 11.0 Å². The van der Waals surface area contributed by atoms with E-state index in [4.69, 9.17) is 27.6 Å². The minimum atomic E-state index is -0.106. The SMILES string of the molecule is O=C(CSc1nnc(-c2ccc(Cl)cc2)n1Cc1ccco1)NCc1cccc(Cl)c1. The summed E-state index contributed by atoms with van der Waals surface area (Å²) in [4.78, 5) is 12.4. The van der Waals surface area contributed by atoms with E-state index in [1.165, 1.54) is 11.8 Å². The summed E-state index contributed by atoms with van der Waals surface area (Å²) in [5, 5.41) is 13.4. The molecular formula is C22H18Cl2N4O2S. The fraction of sp³-hybridized carbons (Fsp3) is 0.136. The summed E-state index contributed by atoms with van der Waals surface area (Å²) >= 11 is 13.3. The number of carbonyl (C=O) groups is 1. The molecule has 4 rings (SSSR count). The number of benzene rings is 2. The second kappa shape index (κ2) is 10.0. The van der Waals surface area contributed by atoms with Crippen LogP contribution in [-0.2, 0) is 17.9 Å². The topological polar surface area (TPSA) is 73.0 Å². The van der Waals surface area contributed by atoms with E-state index >= 15 is 0 Å². The van der Waals surface area contributed by atoms with E-state index in [2.05, 4.69) is 15.5 Å². The van der Waals surface area contributed by atoms with Gasteiger partial charge < -0.3 is 9.73 Å². The van der Waals surface area contributed by atoms with Gasteiger partial charge in [0.25, 0.3) is 0 Å². The van der Waals surface area contributed by atoms with E-state index in [9.17, 15) is 4.79 Å². The molecule has 0 spiro atoms. The van der Waals surface area contributed by atoms with Gasteiger partial charge in [-0.05, 0) is 54.1 Å². The zero-order valence-corrected chi connectivity index (χ0v) is 18.6. The lowest BCUT2D eigenvalue weighted by Gasteiger charge is -2.09. The van der Waals surface area contributed by atoms with Crippen LogP contribution < -0.4 is 5.32 Å². The summed E-state index contributed by atoms with van der Waals surface area (Å²) in [6.45, 7) is 0.861. The molecule has 158 valence electrons. The maximum absolute atomic E-state index is 12.4. The van der Waals surface area contributed by atoms with Crippen molar-refractivity contribution in [2.45, 2.75) is 18.2 Å². The molecule has 2 aromatic heterocycles. The Morgan fingerprint density at radius 2 is 1.87 bits per heavy atom. The van der Waals surface area contributed by atoms with Crippen LogP contribution in [0.4, 0.5) is 0 Å². The highest BCUT2D eigenvalue weighted by Gasteiger charge is 2.17. The van der Waals surface area contributed by atoms with Gasteiger partial charge in [0.1, 0.15) is 5.76 Å². The average Bonchev–Trinajstić information content (AvgIpc) is 3.42. The van der Waals surface area contributed by atoms with Gasteiger partial charge in [0, 0.05) is 22.2 Å². The number of hydrogen-bond donors (Lipinski definition) is 1. The lowest BCUT2D eigenvalue weighted by atomic mass is 10.2. The second-order valence-corrected chi connectivity index (χ2v) is 8.49. The third-order valence-electron chi connectivity index (χ3n) is 4.42. The molecule has 0 atom stereocenters. The van der Waals surface area contributed by atoms with Gasteiger partial charge in [0.05, 0.1) is 18.6 Å². The highest BCUT2D eigenvalue weighted by atomic mass is 35.5. The van der Waals surface area contributed by atoms with Crippen molar-refractivity contribution in [1.29, 1.82) is 0 Å². The normalized spacial score (nSPS) is 10.9. The zero-order chi connectivity index (χ0) is 21.6. The number of amides is 1. The Morgan fingerprint density at radius 3 is 2.61 bits per heavy atom. The van der Waals surface area contributed by atoms with Crippen LogP contribution in [-0.4, -0.2) is 26.4 Å². The van der Waals surface area contributed by atoms with Crippen molar-refractivity contribution in [1.82, 2.24) is 20.1 Å². The van der Waals surface area contributed by atoms with Crippen molar-refractivity contribution in [3.8, 4) is 11.4 Å². The summed E-state index contributed by atoms with van der Waals surface area (Å²) in [7, 11) is 0. The number of aromatic nitrogens is 3. The predicted octanol–water partition coefficient (Wildman–Crippen LogP) is 5.30. The van der Waals surface area contributed by atoms with Gasteiger partial charge >= 0.3 is 0 Å². The minimum absolute atomic E-state index is 0.106. The Labute approximate surface area is 193 Å². The van der Waals surface area contributed by atoms with E-state index in [1.54, 1.807) is 24.5 Å². The molecule has 2 aromatic carbocycles. The summed E-state index contributed by atoms with van der Waals surface area (Å²) in [6, 6.07) is 18.5. The number of halogens is 2. The molecule has 2 heterocycles. The standard InChI is InChI=1S/C22H18Cl2N4O2S/c23-17-8-6-16(7-9-17)21-26-27-22(28(21)13-19-5-2-10-30-19)31-14-20(29)25-12-15-3-1-4-18(24)11-15/h1-11H,12-14H2,(H,25,29). The third-order valence-corrected chi connectivity index (χ3v) is 5.88. The highest BCUT2D eigenvalue weighted by Crippen LogP contribution is 2.26. The van der Waals surface area contributed by atoms with Gasteiger partial charge in [0.2, 0.25) is 5.91 Å². The number of furan rings is 1. The molecule has 0 saturated heterocycles. The maximum atomic E-state index is 12.4. The number of thioether (sulfide) groups is 1. The first-order chi connectivity index (χ1) is 15.1. The Bertz CT molecular complexity index is 1160. The van der Waals surface area contributed by atoms with E-state index in [0.29, 0.717) is 34.1 Å². The van der Waals surface area contributed by atoms with Gasteiger partial charge in [-0.15, -0.1) is 10.2 Å². The first-order valence-electron chi connectivity index (χ1n) is 9.44. The molecule has 9 heteroatoms. The number of rotatable bonds is 8. The Kier molecular flexibility index (Phi) is 6.96. The molecule has 0 aliphatic heterocycles. The van der Waals surface area contributed by atoms with Crippen molar-refractivity contribution < 1.29 is 9.21 Å². The largest absolute Gasteiger partial charge is 0.467 e. The quantitative estimate of drug-likeness (QED) is 0.352. The van der Waals surface area contributed by atoms with Crippen molar-refractivity contribution >= 4 is 40.9 Å². The molecule has 0 aliphatic rings. The van der Waals surface area contributed by atoms with Crippen molar-refractivity contribution in [3.05, 3.63) is 88.3 Å². The zero-order valence-electron chi connectivity index (χ0n) is 16.3. The molecule has 0 bridgehead atoms. The average molecular weight is 473 g/mol. The molecule has 1 amide bonds. The predicted molar refractivity (Wildman–Crippen MR) is 122 cm³/mol. The van der Waals surface area contributed by atoms with E-state index < -0.39 is 0 Å². The van der Waals surface area contributed by atoms with Gasteiger partial charge in [-0.3, -0.25) is 9.36 Å². The van der Waals surface area contributed by atoms with Crippen LogP contribution >= 0.6 is 35.0 Å². The fourth-order valence-corrected chi connectivity index (χ4v) is 4.04. The van der Waals surface area contributed by atoms with E-state index in [1.807, 2.05) is 47.0 Å². The van der Waals surface area contributed by atoms with Crippen molar-refractivity contribution in [2.75, 3.05) is 5.75 Å². The van der Waals surface area contributed by atoms with Crippen LogP contribution in [0.3, 0.4) is 0 Å². The minimum Gasteiger partial charge on any atom is -0.467 e. The van der Waals surface area contributed by atoms with Gasteiger partial charge in [-0.25, -0.2) is 0 Å². The second-order valence-electron chi connectivity index (χ2n) is 6.67. The van der Waals surface area contributed by atoms with Crippen molar-refractivity contribution in [3.63, 3.8) is 0 Å². The molecule has 0 radical (unpaired) electrons. The third kappa shape index (κ3) is 5.70. The van der Waals surface area contributed by atoms with Crippen LogP contribution in [0.5, 0.6) is 0 Å². The lowest BCUT2D eigenvalue weighted by molar-refractivity contribution is -0.118. The Hall–Kier alpha value is -2.74. The number of nitrogens with one attached hydrogen (secondary N) is 1. The van der Waals surface area contributed by atoms with Crippen LogP contribution in [0, 0.1) is 0 Å². The van der Waals surface area contributed by atoms with Crippen LogP contribution in [0.15, 0.2) is 76.5 Å². The lowest BCUT2D eigenvalue weighted by Crippen LogP contribution is -2.24. The van der Waals surface area contributed by atoms with Gasteiger partial charge in [-0.2, -0.15) is 0 Å². The molecule has 0 saturated carbocycles. The monoisotopic (exact) mass is 472 g/mol. The Morgan fingerprint density at radius 1 is 1.03 bits per heavy atom. The molecule has 6 nitrogen and oxygen atoms in total. The number of carbonyl (C=O) groups excluding carboxylic acids is 1. The number of hydrogen-bond acceptors (Lipinski definition) is 5. The fourth-order valence-electron chi connectivity index (χ4n) is 2.94. The van der Waals surface area contributed by atoms with Crippen LogP contribution in [0.1, 0.15) is 11.3 Å². The molecular weight excluding hydrogens is 455 g/mol. The number of nitrogens with zero attached hydrogens (tertiary/aromatic N) is 3. The summed E-state index contributed by atoms with van der Waals surface area (Å²) in [5.74, 6) is 1.54. The van der Waals surface area contributed by atoms with Crippen molar-refractivity contribution in [2.24, 2.45) is 0 Å². The summed E-state index contributed by atoms with van der Waals surface area (Å²) < 4.78 is 7.43. The molecule has 0 unspecified atom stereocenters. The molecule has 31 heavy (non-hydrogen) atoms. The molecule has 0 fully saturated rings. The van der Waals surface area contributed by atoms with E-state index in [0.717, 1.165) is 16.9 Å². The Balaban J connectivity index is 1.46. The first-order valence-corrected chi connectivity index (χ1v) is 11.2. The maximum Gasteiger partial charge on any atom is 0.230 e. The molecule has 4 aromatic rings. The van der Waals surface area contributed by atoms with E-state index in [-0.39, 0.29) is 11.7 Å². The first kappa shape index (κ1) is 21.5. The van der Waals surface area contributed by atoms with Crippen LogP contribution in [0.2, 0.25) is 10.0 Å². The molecule has 1 N–H and O–H groups in total. The highest BCUT2D eigenvalue weighted by molar-refractivity contribution is 7.99. The smallest absolute Gasteiger partial charge is 0.230 e. The summed E-state index contributed by atoms with van der Waals surface area (Å²) in [5.41, 5.74) is 1.82. The van der Waals surface area contributed by atoms with Crippen LogP contribution in [0.25, 0.3) is 11.4 Å². The molecule has 0 aliphatic carbocycles. The van der Waals surface area contributed by atoms with Gasteiger partial charge in [-0.1, -0.05) is 47.1 Å².